The maximum atomic E-state index is 12.2. The van der Waals surface area contributed by atoms with E-state index in [1.165, 1.54) is 11.3 Å². The Labute approximate surface area is 171 Å². The summed E-state index contributed by atoms with van der Waals surface area (Å²) in [7, 11) is 1.83. The van der Waals surface area contributed by atoms with E-state index in [-0.39, 0.29) is 24.3 Å². The average molecular weight is 417 g/mol. The van der Waals surface area contributed by atoms with Crippen LogP contribution < -0.4 is 10.6 Å². The second-order valence-electron chi connectivity index (χ2n) is 6.32. The molecule has 10 heteroatoms. The van der Waals surface area contributed by atoms with Gasteiger partial charge in [-0.3, -0.25) is 14.7 Å². The number of anilines is 1. The smallest absolute Gasteiger partial charge is 0.251 e. The zero-order valence-corrected chi connectivity index (χ0v) is 17.1. The summed E-state index contributed by atoms with van der Waals surface area (Å²) >= 11 is 6.44. The van der Waals surface area contributed by atoms with Crippen molar-refractivity contribution in [3.05, 3.63) is 57.6 Å². The SMILES string of the molecule is CC(CC(=O)Nc1nc(Cc2n[nH]c(=S)n2C)cs1)NC(=O)c1ccccc1. The van der Waals surface area contributed by atoms with Crippen LogP contribution >= 0.6 is 23.6 Å². The van der Waals surface area contributed by atoms with Crippen molar-refractivity contribution >= 4 is 40.5 Å². The van der Waals surface area contributed by atoms with E-state index in [0.29, 0.717) is 21.9 Å². The van der Waals surface area contributed by atoms with Crippen LogP contribution in [-0.4, -0.2) is 37.6 Å². The van der Waals surface area contributed by atoms with Gasteiger partial charge in [0.2, 0.25) is 5.91 Å². The maximum absolute atomic E-state index is 12.2. The number of aromatic amines is 1. The van der Waals surface area contributed by atoms with E-state index in [2.05, 4.69) is 25.8 Å². The summed E-state index contributed by atoms with van der Waals surface area (Å²) in [5, 5.41) is 14.9. The molecule has 8 nitrogen and oxygen atoms in total. The van der Waals surface area contributed by atoms with Crippen molar-refractivity contribution in [3.8, 4) is 0 Å². The minimum absolute atomic E-state index is 0.154. The van der Waals surface area contributed by atoms with Crippen LogP contribution in [0.3, 0.4) is 0 Å². The number of hydrogen-bond donors (Lipinski definition) is 3. The Morgan fingerprint density at radius 2 is 2.07 bits per heavy atom. The van der Waals surface area contributed by atoms with Crippen LogP contribution in [0.4, 0.5) is 5.13 Å². The fourth-order valence-electron chi connectivity index (χ4n) is 2.54. The number of carbonyl (C=O) groups is 2. The molecule has 146 valence electrons. The lowest BCUT2D eigenvalue weighted by Gasteiger charge is -2.13. The van der Waals surface area contributed by atoms with Crippen molar-refractivity contribution in [2.75, 3.05) is 5.32 Å². The van der Waals surface area contributed by atoms with E-state index in [0.717, 1.165) is 11.5 Å². The fourth-order valence-corrected chi connectivity index (χ4v) is 3.42. The number of aromatic nitrogens is 4. The van der Waals surface area contributed by atoms with Gasteiger partial charge in [0.25, 0.3) is 5.91 Å². The summed E-state index contributed by atoms with van der Waals surface area (Å²) in [6.45, 7) is 1.79. The van der Waals surface area contributed by atoms with Gasteiger partial charge in [0, 0.05) is 30.5 Å². The van der Waals surface area contributed by atoms with Crippen LogP contribution in [0.5, 0.6) is 0 Å². The first-order chi connectivity index (χ1) is 13.4. The number of H-pyrrole nitrogens is 1. The first-order valence-electron chi connectivity index (χ1n) is 8.63. The minimum atomic E-state index is -0.305. The molecule has 0 aliphatic carbocycles. The van der Waals surface area contributed by atoms with Gasteiger partial charge < -0.3 is 15.2 Å². The monoisotopic (exact) mass is 416 g/mol. The highest BCUT2D eigenvalue weighted by Gasteiger charge is 2.15. The minimum Gasteiger partial charge on any atom is -0.349 e. The molecule has 3 rings (SSSR count). The van der Waals surface area contributed by atoms with Gasteiger partial charge in [0.1, 0.15) is 5.82 Å². The van der Waals surface area contributed by atoms with E-state index in [9.17, 15) is 9.59 Å². The molecule has 0 radical (unpaired) electrons. The molecule has 0 bridgehead atoms. The molecule has 3 aromatic rings. The third kappa shape index (κ3) is 5.11. The highest BCUT2D eigenvalue weighted by atomic mass is 32.1. The Morgan fingerprint density at radius 3 is 2.75 bits per heavy atom. The zero-order valence-electron chi connectivity index (χ0n) is 15.4. The summed E-state index contributed by atoms with van der Waals surface area (Å²) in [6, 6.07) is 8.59. The molecule has 0 saturated carbocycles. The molecule has 2 heterocycles. The van der Waals surface area contributed by atoms with Gasteiger partial charge in [-0.25, -0.2) is 4.98 Å². The number of amides is 2. The quantitative estimate of drug-likeness (QED) is 0.514. The molecule has 0 spiro atoms. The second kappa shape index (κ2) is 8.89. The number of nitrogens with one attached hydrogen (secondary N) is 3. The molecule has 28 heavy (non-hydrogen) atoms. The highest BCUT2D eigenvalue weighted by molar-refractivity contribution is 7.71. The van der Waals surface area contributed by atoms with Gasteiger partial charge in [0.15, 0.2) is 9.90 Å². The molecule has 0 aliphatic rings. The standard InChI is InChI=1S/C18H20N6O2S2/c1-11(19-16(26)12-6-4-3-5-7-12)8-15(25)21-17-20-13(10-28-17)9-14-22-23-18(27)24(14)2/h3-7,10-11H,8-9H2,1-2H3,(H,19,26)(H,23,27)(H,20,21,25). The normalized spacial score (nSPS) is 11.8. The Balaban J connectivity index is 1.51. The zero-order chi connectivity index (χ0) is 20.1. The molecule has 2 aromatic heterocycles. The topological polar surface area (TPSA) is 105 Å². The lowest BCUT2D eigenvalue weighted by molar-refractivity contribution is -0.116. The number of rotatable bonds is 7. The first-order valence-corrected chi connectivity index (χ1v) is 9.91. The summed E-state index contributed by atoms with van der Waals surface area (Å²) in [4.78, 5) is 28.8. The molecule has 1 atom stereocenters. The van der Waals surface area contributed by atoms with E-state index in [1.807, 2.05) is 18.5 Å². The molecule has 2 amide bonds. The molecule has 0 aliphatic heterocycles. The highest BCUT2D eigenvalue weighted by Crippen LogP contribution is 2.18. The summed E-state index contributed by atoms with van der Waals surface area (Å²) < 4.78 is 2.33. The van der Waals surface area contributed by atoms with Crippen LogP contribution in [0.15, 0.2) is 35.7 Å². The van der Waals surface area contributed by atoms with Crippen LogP contribution in [0.25, 0.3) is 0 Å². The summed E-state index contributed by atoms with van der Waals surface area (Å²) in [5.41, 5.74) is 1.36. The van der Waals surface area contributed by atoms with Crippen molar-refractivity contribution in [2.45, 2.75) is 25.8 Å². The number of thiazole rings is 1. The summed E-state index contributed by atoms with van der Waals surface area (Å²) in [5.74, 6) is 0.357. The van der Waals surface area contributed by atoms with E-state index >= 15 is 0 Å². The van der Waals surface area contributed by atoms with Gasteiger partial charge in [0.05, 0.1) is 12.1 Å². The Kier molecular flexibility index (Phi) is 6.32. The van der Waals surface area contributed by atoms with Crippen molar-refractivity contribution in [1.29, 1.82) is 0 Å². The third-order valence-corrected chi connectivity index (χ3v) is 5.19. The molecule has 1 unspecified atom stereocenters. The van der Waals surface area contributed by atoms with E-state index in [4.69, 9.17) is 12.2 Å². The van der Waals surface area contributed by atoms with Gasteiger partial charge in [-0.05, 0) is 31.3 Å². The summed E-state index contributed by atoms with van der Waals surface area (Å²) in [6.07, 6.45) is 0.667. The van der Waals surface area contributed by atoms with Crippen LogP contribution in [0.2, 0.25) is 0 Å². The lowest BCUT2D eigenvalue weighted by atomic mass is 10.1. The Hall–Kier alpha value is -2.85. The molecule has 3 N–H and O–H groups in total. The van der Waals surface area contributed by atoms with Crippen LogP contribution in [0, 0.1) is 4.77 Å². The predicted octanol–water partition coefficient (Wildman–Crippen LogP) is 2.67. The van der Waals surface area contributed by atoms with Crippen molar-refractivity contribution in [1.82, 2.24) is 25.1 Å². The molecular weight excluding hydrogens is 396 g/mol. The van der Waals surface area contributed by atoms with Gasteiger partial charge >= 0.3 is 0 Å². The van der Waals surface area contributed by atoms with E-state index in [1.54, 1.807) is 35.8 Å². The molecule has 0 saturated heterocycles. The Morgan fingerprint density at radius 1 is 1.32 bits per heavy atom. The van der Waals surface area contributed by atoms with Crippen molar-refractivity contribution < 1.29 is 9.59 Å². The largest absolute Gasteiger partial charge is 0.349 e. The molecule has 0 fully saturated rings. The number of benzene rings is 1. The number of carbonyl (C=O) groups excluding carboxylic acids is 2. The average Bonchev–Trinajstić information content (AvgIpc) is 3.23. The maximum Gasteiger partial charge on any atom is 0.251 e. The number of hydrogen-bond acceptors (Lipinski definition) is 6. The van der Waals surface area contributed by atoms with Crippen molar-refractivity contribution in [2.24, 2.45) is 7.05 Å². The van der Waals surface area contributed by atoms with Gasteiger partial charge in [-0.1, -0.05) is 18.2 Å². The Bertz CT molecular complexity index is 1020. The lowest BCUT2D eigenvalue weighted by Crippen LogP contribution is -2.35. The number of nitrogens with zero attached hydrogens (tertiary/aromatic N) is 3. The van der Waals surface area contributed by atoms with Crippen LogP contribution in [-0.2, 0) is 18.3 Å². The first kappa shape index (κ1) is 19.9. The third-order valence-electron chi connectivity index (χ3n) is 4.01. The van der Waals surface area contributed by atoms with E-state index < -0.39 is 0 Å². The van der Waals surface area contributed by atoms with Gasteiger partial charge in [-0.2, -0.15) is 5.10 Å². The van der Waals surface area contributed by atoms with Gasteiger partial charge in [-0.15, -0.1) is 11.3 Å². The molecule has 1 aromatic carbocycles. The molecular formula is C18H20N6O2S2. The van der Waals surface area contributed by atoms with Crippen molar-refractivity contribution in [3.63, 3.8) is 0 Å². The predicted molar refractivity (Wildman–Crippen MR) is 110 cm³/mol. The van der Waals surface area contributed by atoms with Crippen LogP contribution in [0.1, 0.15) is 35.2 Å². The second-order valence-corrected chi connectivity index (χ2v) is 7.56. The fraction of sp³-hybridized carbons (Fsp3) is 0.278.